The first-order chi connectivity index (χ1) is 12.2. The molecule has 1 aromatic carbocycles. The van der Waals surface area contributed by atoms with E-state index in [1.165, 1.54) is 6.20 Å². The third-order valence-corrected chi connectivity index (χ3v) is 6.38. The summed E-state index contributed by atoms with van der Waals surface area (Å²) in [6.45, 7) is 6.11. The highest BCUT2D eigenvalue weighted by atomic mass is 32.2. The maximum atomic E-state index is 12.9. The topological polar surface area (TPSA) is 89.5 Å². The molecule has 1 amide bonds. The van der Waals surface area contributed by atoms with Crippen LogP contribution in [0.1, 0.15) is 33.6 Å². The Balaban J connectivity index is 1.72. The van der Waals surface area contributed by atoms with Gasteiger partial charge >= 0.3 is 6.09 Å². The molecule has 0 bridgehead atoms. The summed E-state index contributed by atoms with van der Waals surface area (Å²) in [5, 5.41) is -0.580. The van der Waals surface area contributed by atoms with E-state index in [-0.39, 0.29) is 5.03 Å². The van der Waals surface area contributed by atoms with Crippen LogP contribution in [-0.2, 0) is 14.6 Å². The van der Waals surface area contributed by atoms with E-state index in [1.807, 2.05) is 6.07 Å². The molecule has 0 saturated carbocycles. The Morgan fingerprint density at radius 1 is 1.15 bits per heavy atom. The van der Waals surface area contributed by atoms with Crippen molar-refractivity contribution in [3.8, 4) is 0 Å². The number of fused-ring (bicyclic) bond motifs is 1. The van der Waals surface area contributed by atoms with E-state index in [4.69, 9.17) is 4.74 Å². The van der Waals surface area contributed by atoms with Gasteiger partial charge in [0.25, 0.3) is 0 Å². The van der Waals surface area contributed by atoms with Gasteiger partial charge < -0.3 is 9.64 Å². The van der Waals surface area contributed by atoms with Crippen molar-refractivity contribution in [1.29, 1.82) is 0 Å². The molecule has 0 spiro atoms. The minimum Gasteiger partial charge on any atom is -0.444 e. The van der Waals surface area contributed by atoms with E-state index in [1.54, 1.807) is 43.9 Å². The number of piperidine rings is 1. The first-order valence-corrected chi connectivity index (χ1v) is 10.1. The standard InChI is InChI=1S/C18H23N3O4S/c1-18(2,3)25-17(22)21-10-8-13(9-11-21)26(23,24)16-12-19-14-6-4-5-7-15(14)20-16/h4-7,12-13H,8-11H2,1-3H3. The van der Waals surface area contributed by atoms with Crippen molar-refractivity contribution in [2.24, 2.45) is 0 Å². The molecule has 0 aliphatic carbocycles. The smallest absolute Gasteiger partial charge is 0.410 e. The number of nitrogens with zero attached hydrogens (tertiary/aromatic N) is 3. The van der Waals surface area contributed by atoms with Crippen LogP contribution in [0.4, 0.5) is 4.79 Å². The first kappa shape index (κ1) is 18.6. The zero-order valence-corrected chi connectivity index (χ0v) is 16.0. The van der Waals surface area contributed by atoms with Gasteiger partial charge in [-0.25, -0.2) is 18.2 Å². The van der Waals surface area contributed by atoms with Crippen LogP contribution in [0.3, 0.4) is 0 Å². The lowest BCUT2D eigenvalue weighted by Gasteiger charge is -2.33. The number of ether oxygens (including phenoxy) is 1. The number of carbonyl (C=O) groups is 1. The highest BCUT2D eigenvalue weighted by Crippen LogP contribution is 2.25. The van der Waals surface area contributed by atoms with E-state index >= 15 is 0 Å². The molecule has 0 radical (unpaired) electrons. The van der Waals surface area contributed by atoms with Gasteiger partial charge in [-0.15, -0.1) is 0 Å². The summed E-state index contributed by atoms with van der Waals surface area (Å²) in [7, 11) is -3.59. The number of sulfone groups is 1. The predicted molar refractivity (Wildman–Crippen MR) is 97.6 cm³/mol. The molecular formula is C18H23N3O4S. The van der Waals surface area contributed by atoms with E-state index < -0.39 is 26.8 Å². The summed E-state index contributed by atoms with van der Waals surface area (Å²) in [6.07, 6.45) is 1.63. The third kappa shape index (κ3) is 3.95. The molecule has 0 atom stereocenters. The largest absolute Gasteiger partial charge is 0.444 e. The van der Waals surface area contributed by atoms with Crippen LogP contribution in [-0.4, -0.2) is 53.3 Å². The van der Waals surface area contributed by atoms with Gasteiger partial charge in [-0.1, -0.05) is 12.1 Å². The van der Waals surface area contributed by atoms with E-state index in [0.29, 0.717) is 37.0 Å². The Morgan fingerprint density at radius 3 is 2.38 bits per heavy atom. The lowest BCUT2D eigenvalue weighted by molar-refractivity contribution is 0.0217. The third-order valence-electron chi connectivity index (χ3n) is 4.25. The Labute approximate surface area is 153 Å². The molecule has 1 aliphatic heterocycles. The van der Waals surface area contributed by atoms with Crippen LogP contribution >= 0.6 is 0 Å². The molecule has 8 heteroatoms. The van der Waals surface area contributed by atoms with Gasteiger partial charge in [0, 0.05) is 13.1 Å². The highest BCUT2D eigenvalue weighted by molar-refractivity contribution is 7.92. The Kier molecular flexibility index (Phi) is 4.88. The van der Waals surface area contributed by atoms with Gasteiger partial charge in [0.15, 0.2) is 14.9 Å². The average Bonchev–Trinajstić information content (AvgIpc) is 2.60. The van der Waals surface area contributed by atoms with E-state index in [9.17, 15) is 13.2 Å². The molecule has 0 unspecified atom stereocenters. The Morgan fingerprint density at radius 2 is 1.77 bits per heavy atom. The van der Waals surface area contributed by atoms with Gasteiger partial charge in [0.05, 0.1) is 22.5 Å². The number of hydrogen-bond donors (Lipinski definition) is 0. The molecule has 0 N–H and O–H groups in total. The van der Waals surface area contributed by atoms with Crippen molar-refractivity contribution in [2.75, 3.05) is 13.1 Å². The predicted octanol–water partition coefficient (Wildman–Crippen LogP) is 2.80. The van der Waals surface area contributed by atoms with Crippen molar-refractivity contribution in [1.82, 2.24) is 14.9 Å². The molecule has 1 aromatic heterocycles. The van der Waals surface area contributed by atoms with Gasteiger partial charge in [0.1, 0.15) is 5.60 Å². The van der Waals surface area contributed by atoms with Crippen LogP contribution in [0.5, 0.6) is 0 Å². The summed E-state index contributed by atoms with van der Waals surface area (Å²) in [6, 6.07) is 7.16. The van der Waals surface area contributed by atoms with Crippen LogP contribution in [0, 0.1) is 0 Å². The SMILES string of the molecule is CC(C)(C)OC(=O)N1CCC(S(=O)(=O)c2cnc3ccccc3n2)CC1. The summed E-state index contributed by atoms with van der Waals surface area (Å²) in [5.74, 6) is 0. The van der Waals surface area contributed by atoms with Crippen molar-refractivity contribution in [3.63, 3.8) is 0 Å². The number of rotatable bonds is 2. The number of para-hydroxylation sites is 2. The molecule has 2 heterocycles. The minimum atomic E-state index is -3.59. The lowest BCUT2D eigenvalue weighted by Crippen LogP contribution is -2.44. The fourth-order valence-corrected chi connectivity index (χ4v) is 4.52. The molecule has 2 aromatic rings. The van der Waals surface area contributed by atoms with Crippen molar-refractivity contribution in [3.05, 3.63) is 30.5 Å². The summed E-state index contributed by atoms with van der Waals surface area (Å²) in [4.78, 5) is 22.1. The summed E-state index contributed by atoms with van der Waals surface area (Å²) < 4.78 is 31.1. The number of amides is 1. The maximum Gasteiger partial charge on any atom is 0.410 e. The second-order valence-electron chi connectivity index (χ2n) is 7.41. The van der Waals surface area contributed by atoms with Crippen LogP contribution in [0.2, 0.25) is 0 Å². The molecule has 1 saturated heterocycles. The first-order valence-electron chi connectivity index (χ1n) is 8.60. The fourth-order valence-electron chi connectivity index (χ4n) is 2.92. The quantitative estimate of drug-likeness (QED) is 0.799. The summed E-state index contributed by atoms with van der Waals surface area (Å²) >= 11 is 0. The lowest BCUT2D eigenvalue weighted by atomic mass is 10.1. The molecule has 1 fully saturated rings. The zero-order chi connectivity index (χ0) is 18.9. The number of benzene rings is 1. The Hall–Kier alpha value is -2.22. The van der Waals surface area contributed by atoms with Crippen molar-refractivity contribution in [2.45, 2.75) is 49.5 Å². The second kappa shape index (κ2) is 6.83. The average molecular weight is 377 g/mol. The van der Waals surface area contributed by atoms with Crippen LogP contribution in [0.25, 0.3) is 11.0 Å². The van der Waals surface area contributed by atoms with Gasteiger partial charge in [0.2, 0.25) is 0 Å². The van der Waals surface area contributed by atoms with Crippen molar-refractivity contribution < 1.29 is 17.9 Å². The molecule has 140 valence electrons. The molecule has 26 heavy (non-hydrogen) atoms. The molecule has 7 nitrogen and oxygen atoms in total. The van der Waals surface area contributed by atoms with Gasteiger partial charge in [-0.3, -0.25) is 4.98 Å². The number of carbonyl (C=O) groups excluding carboxylic acids is 1. The van der Waals surface area contributed by atoms with Crippen LogP contribution in [0.15, 0.2) is 35.5 Å². The van der Waals surface area contributed by atoms with E-state index in [0.717, 1.165) is 0 Å². The number of hydrogen-bond acceptors (Lipinski definition) is 6. The summed E-state index contributed by atoms with van der Waals surface area (Å²) in [5.41, 5.74) is 0.645. The highest BCUT2D eigenvalue weighted by Gasteiger charge is 2.35. The van der Waals surface area contributed by atoms with Gasteiger partial charge in [-0.2, -0.15) is 0 Å². The maximum absolute atomic E-state index is 12.9. The molecule has 3 rings (SSSR count). The number of likely N-dealkylation sites (tertiary alicyclic amines) is 1. The number of aromatic nitrogens is 2. The normalized spacial score (nSPS) is 16.7. The van der Waals surface area contributed by atoms with E-state index in [2.05, 4.69) is 9.97 Å². The molecular weight excluding hydrogens is 354 g/mol. The monoisotopic (exact) mass is 377 g/mol. The Bertz CT molecular complexity index is 913. The fraction of sp³-hybridized carbons (Fsp3) is 0.500. The second-order valence-corrected chi connectivity index (χ2v) is 9.58. The minimum absolute atomic E-state index is 0.00748. The van der Waals surface area contributed by atoms with Gasteiger partial charge in [-0.05, 0) is 45.7 Å². The van der Waals surface area contributed by atoms with Crippen molar-refractivity contribution >= 4 is 27.0 Å². The zero-order valence-electron chi connectivity index (χ0n) is 15.2. The molecule has 1 aliphatic rings. The van der Waals surface area contributed by atoms with Crippen LogP contribution < -0.4 is 0 Å².